The van der Waals surface area contributed by atoms with Gasteiger partial charge in [-0.3, -0.25) is 19.3 Å². The van der Waals surface area contributed by atoms with Crippen LogP contribution in [0.4, 0.5) is 0 Å². The minimum atomic E-state index is -1.16. The number of hydrogen-bond acceptors (Lipinski definition) is 5. The van der Waals surface area contributed by atoms with Crippen LogP contribution >= 0.6 is 11.8 Å². The molecule has 1 saturated heterocycles. The van der Waals surface area contributed by atoms with Crippen LogP contribution in [0.15, 0.2) is 0 Å². The summed E-state index contributed by atoms with van der Waals surface area (Å²) in [7, 11) is 0. The van der Waals surface area contributed by atoms with Gasteiger partial charge in [-0.05, 0) is 13.8 Å². The molecule has 2 unspecified atom stereocenters. The van der Waals surface area contributed by atoms with Gasteiger partial charge in [0.15, 0.2) is 0 Å². The van der Waals surface area contributed by atoms with Gasteiger partial charge >= 0.3 is 5.97 Å². The molecule has 20 heavy (non-hydrogen) atoms. The highest BCUT2D eigenvalue weighted by Gasteiger charge is 2.40. The van der Waals surface area contributed by atoms with Crippen LogP contribution in [0.2, 0.25) is 0 Å². The molecule has 1 fully saturated rings. The first kappa shape index (κ1) is 16.5. The van der Waals surface area contributed by atoms with E-state index < -0.39 is 23.2 Å². The minimum absolute atomic E-state index is 0.0462. The van der Waals surface area contributed by atoms with E-state index in [9.17, 15) is 19.2 Å². The zero-order valence-corrected chi connectivity index (χ0v) is 12.4. The number of carboxylic acid groups (broad SMARTS) is 1. The normalized spacial score (nSPS) is 20.4. The van der Waals surface area contributed by atoms with Crippen molar-refractivity contribution in [3.63, 3.8) is 0 Å². The van der Waals surface area contributed by atoms with Crippen molar-refractivity contribution in [2.24, 2.45) is 0 Å². The van der Waals surface area contributed by atoms with Crippen molar-refractivity contribution in [3.8, 4) is 0 Å². The van der Waals surface area contributed by atoms with Crippen LogP contribution < -0.4 is 5.32 Å². The number of aliphatic carboxylic acids is 1. The van der Waals surface area contributed by atoms with Crippen LogP contribution in [-0.4, -0.2) is 56.8 Å². The third kappa shape index (κ3) is 3.96. The summed E-state index contributed by atoms with van der Waals surface area (Å²) in [6.07, 6.45) is 0.0775. The van der Waals surface area contributed by atoms with Crippen LogP contribution in [-0.2, 0) is 19.2 Å². The molecule has 112 valence electrons. The predicted molar refractivity (Wildman–Crippen MR) is 73.1 cm³/mol. The Bertz CT molecular complexity index is 438. The minimum Gasteiger partial charge on any atom is -0.480 e. The molecule has 2 N–H and O–H groups in total. The summed E-state index contributed by atoms with van der Waals surface area (Å²) in [6, 6.07) is -1.26. The van der Waals surface area contributed by atoms with Crippen LogP contribution in [0.3, 0.4) is 0 Å². The lowest BCUT2D eigenvalue weighted by Gasteiger charge is -2.19. The quantitative estimate of drug-likeness (QED) is 0.661. The highest BCUT2D eigenvalue weighted by atomic mass is 32.2. The van der Waals surface area contributed by atoms with E-state index in [0.717, 1.165) is 11.8 Å². The van der Waals surface area contributed by atoms with Crippen LogP contribution in [0.5, 0.6) is 0 Å². The van der Waals surface area contributed by atoms with Gasteiger partial charge in [0.2, 0.25) is 17.7 Å². The van der Waals surface area contributed by atoms with Crippen molar-refractivity contribution >= 4 is 35.5 Å². The number of amides is 3. The van der Waals surface area contributed by atoms with Gasteiger partial charge in [0, 0.05) is 25.1 Å². The smallest absolute Gasteiger partial charge is 0.327 e. The van der Waals surface area contributed by atoms with Crippen LogP contribution in [0.1, 0.15) is 27.2 Å². The molecule has 0 spiro atoms. The van der Waals surface area contributed by atoms with E-state index >= 15 is 0 Å². The van der Waals surface area contributed by atoms with E-state index in [1.165, 1.54) is 11.8 Å². The number of nitrogens with zero attached hydrogens (tertiary/aromatic N) is 1. The largest absolute Gasteiger partial charge is 0.480 e. The third-order valence-electron chi connectivity index (χ3n) is 2.80. The molecule has 1 aliphatic heterocycles. The predicted octanol–water partition coefficient (Wildman–Crippen LogP) is -0.155. The van der Waals surface area contributed by atoms with E-state index in [0.29, 0.717) is 0 Å². The third-order valence-corrected chi connectivity index (χ3v) is 4.09. The number of likely N-dealkylation sites (tertiary alicyclic amines) is 1. The van der Waals surface area contributed by atoms with Crippen molar-refractivity contribution in [2.75, 3.05) is 5.75 Å². The van der Waals surface area contributed by atoms with Gasteiger partial charge < -0.3 is 10.4 Å². The van der Waals surface area contributed by atoms with Crippen molar-refractivity contribution in [1.82, 2.24) is 10.2 Å². The zero-order valence-electron chi connectivity index (χ0n) is 11.6. The molecule has 0 aromatic carbocycles. The molecule has 0 aliphatic carbocycles. The van der Waals surface area contributed by atoms with Gasteiger partial charge in [-0.2, -0.15) is 0 Å². The lowest BCUT2D eigenvalue weighted by Crippen LogP contribution is -2.42. The maximum Gasteiger partial charge on any atom is 0.327 e. The Morgan fingerprint density at radius 2 is 2.05 bits per heavy atom. The van der Waals surface area contributed by atoms with Crippen molar-refractivity contribution in [1.29, 1.82) is 0 Å². The molecule has 2 atom stereocenters. The Kier molecular flexibility index (Phi) is 5.55. The molecule has 1 heterocycles. The summed E-state index contributed by atoms with van der Waals surface area (Å²) >= 11 is 1.09. The van der Waals surface area contributed by atoms with E-state index in [2.05, 4.69) is 5.32 Å². The van der Waals surface area contributed by atoms with Gasteiger partial charge in [0.1, 0.15) is 6.04 Å². The van der Waals surface area contributed by atoms with E-state index in [1.807, 2.05) is 0 Å². The SMILES string of the molecule is CC(=O)NC(CSC1CC(=O)N(C(C)C)C1=O)C(=O)O. The standard InChI is InChI=1S/C12H18N2O5S/c1-6(2)14-10(16)4-9(11(14)17)20-5-8(12(18)19)13-7(3)15/h6,8-9H,4-5H2,1-3H3,(H,13,15)(H,18,19). The molecule has 0 radical (unpaired) electrons. The van der Waals surface area contributed by atoms with Gasteiger partial charge in [0.05, 0.1) is 5.25 Å². The molecule has 7 nitrogen and oxygen atoms in total. The maximum absolute atomic E-state index is 12.0. The lowest BCUT2D eigenvalue weighted by molar-refractivity contribution is -0.141. The number of imide groups is 1. The molecule has 0 aromatic rings. The fourth-order valence-electron chi connectivity index (χ4n) is 1.93. The average Bonchev–Trinajstić information content (AvgIpc) is 2.58. The van der Waals surface area contributed by atoms with Crippen molar-refractivity contribution in [3.05, 3.63) is 0 Å². The lowest BCUT2D eigenvalue weighted by atomic mass is 10.3. The first-order valence-corrected chi connectivity index (χ1v) is 7.26. The Morgan fingerprint density at radius 1 is 1.45 bits per heavy atom. The maximum atomic E-state index is 12.0. The highest BCUT2D eigenvalue weighted by molar-refractivity contribution is 8.00. The number of hydrogen-bond donors (Lipinski definition) is 2. The van der Waals surface area contributed by atoms with Gasteiger partial charge in [0.25, 0.3) is 0 Å². The number of carbonyl (C=O) groups excluding carboxylic acids is 3. The number of carbonyl (C=O) groups is 4. The molecule has 0 saturated carbocycles. The second kappa shape index (κ2) is 6.74. The first-order valence-electron chi connectivity index (χ1n) is 6.21. The fraction of sp³-hybridized carbons (Fsp3) is 0.667. The second-order valence-corrected chi connectivity index (χ2v) is 6.05. The molecule has 1 rings (SSSR count). The summed E-state index contributed by atoms with van der Waals surface area (Å²) in [5.41, 5.74) is 0. The molecular formula is C12H18N2O5S. The van der Waals surface area contributed by atoms with E-state index in [4.69, 9.17) is 5.11 Å². The van der Waals surface area contributed by atoms with E-state index in [1.54, 1.807) is 13.8 Å². The Morgan fingerprint density at radius 3 is 2.45 bits per heavy atom. The monoisotopic (exact) mass is 302 g/mol. The van der Waals surface area contributed by atoms with Crippen molar-refractivity contribution in [2.45, 2.75) is 44.5 Å². The Balaban J connectivity index is 2.61. The van der Waals surface area contributed by atoms with Gasteiger partial charge in [-0.1, -0.05) is 0 Å². The van der Waals surface area contributed by atoms with Crippen LogP contribution in [0, 0.1) is 0 Å². The van der Waals surface area contributed by atoms with Gasteiger partial charge in [-0.25, -0.2) is 4.79 Å². The van der Waals surface area contributed by atoms with E-state index in [-0.39, 0.29) is 30.0 Å². The fourth-order valence-corrected chi connectivity index (χ4v) is 3.09. The van der Waals surface area contributed by atoms with Crippen LogP contribution in [0.25, 0.3) is 0 Å². The van der Waals surface area contributed by atoms with Gasteiger partial charge in [-0.15, -0.1) is 11.8 Å². The number of carboxylic acids is 1. The number of thioether (sulfide) groups is 1. The average molecular weight is 302 g/mol. The summed E-state index contributed by atoms with van der Waals surface area (Å²) < 4.78 is 0. The molecule has 0 aromatic heterocycles. The Hall–Kier alpha value is -1.57. The molecule has 1 aliphatic rings. The number of rotatable bonds is 6. The first-order chi connectivity index (χ1) is 9.23. The Labute approximate surface area is 121 Å². The molecule has 3 amide bonds. The number of nitrogens with one attached hydrogen (secondary N) is 1. The van der Waals surface area contributed by atoms with Crippen molar-refractivity contribution < 1.29 is 24.3 Å². The highest BCUT2D eigenvalue weighted by Crippen LogP contribution is 2.27. The summed E-state index contributed by atoms with van der Waals surface area (Å²) in [5, 5.41) is 10.7. The molecule has 0 bridgehead atoms. The summed E-state index contributed by atoms with van der Waals surface area (Å²) in [6.45, 7) is 4.73. The topological polar surface area (TPSA) is 104 Å². The molecule has 8 heteroatoms. The molecular weight excluding hydrogens is 284 g/mol. The summed E-state index contributed by atoms with van der Waals surface area (Å²) in [4.78, 5) is 46.8. The zero-order chi connectivity index (χ0) is 15.4. The second-order valence-electron chi connectivity index (χ2n) is 4.81. The summed E-state index contributed by atoms with van der Waals surface area (Å²) in [5.74, 6) is -2.10.